The van der Waals surface area contributed by atoms with Crippen molar-refractivity contribution < 1.29 is 32.4 Å². The summed E-state index contributed by atoms with van der Waals surface area (Å²) in [6, 6.07) is -1.88. The molecule has 2 amide bonds. The molecule has 0 aromatic carbocycles. The van der Waals surface area contributed by atoms with Crippen molar-refractivity contribution in [3.8, 4) is 0 Å². The Morgan fingerprint density at radius 3 is 2.41 bits per heavy atom. The first-order chi connectivity index (χ1) is 13.4. The molecule has 14 nitrogen and oxygen atoms in total. The van der Waals surface area contributed by atoms with Crippen molar-refractivity contribution in [2.45, 2.75) is 42.5 Å². The minimum Gasteiger partial charge on any atom is -0.360 e. The molecule has 4 fully saturated rings. The second kappa shape index (κ2) is 6.01. The molecule has 0 aromatic rings. The smallest absolute Gasteiger partial charge is 0.264 e. The maximum absolute atomic E-state index is 12.0. The van der Waals surface area contributed by atoms with Gasteiger partial charge in [-0.15, -0.1) is 0 Å². The molecule has 2 unspecified atom stereocenters. The third-order valence-corrected chi connectivity index (χ3v) is 6.25. The zero-order chi connectivity index (χ0) is 21.4. The lowest BCUT2D eigenvalue weighted by molar-refractivity contribution is -0.253. The molecule has 29 heavy (non-hydrogen) atoms. The van der Waals surface area contributed by atoms with E-state index < -0.39 is 39.8 Å². The maximum Gasteiger partial charge on any atom is 0.264 e. The van der Waals surface area contributed by atoms with E-state index in [1.807, 2.05) is 0 Å². The normalized spacial score (nSPS) is 35.9. The molecular formula is C14H21N7O7S. The Labute approximate surface area is 165 Å². The van der Waals surface area contributed by atoms with Crippen molar-refractivity contribution in [2.24, 2.45) is 0 Å². The van der Waals surface area contributed by atoms with Crippen LogP contribution in [0.15, 0.2) is 0 Å². The number of carbonyl (C=O) groups is 2. The number of rotatable bonds is 4. The van der Waals surface area contributed by atoms with Gasteiger partial charge in [0.1, 0.15) is 0 Å². The number of imide groups is 1. The van der Waals surface area contributed by atoms with Crippen LogP contribution in [0.2, 0.25) is 0 Å². The Bertz CT molecular complexity index is 905. The predicted molar refractivity (Wildman–Crippen MR) is 94.7 cm³/mol. The van der Waals surface area contributed by atoms with Crippen molar-refractivity contribution >= 4 is 33.9 Å². The largest absolute Gasteiger partial charge is 0.360 e. The van der Waals surface area contributed by atoms with Crippen molar-refractivity contribution in [2.75, 3.05) is 19.3 Å². The molecule has 1 spiro atoms. The molecule has 0 bridgehead atoms. The van der Waals surface area contributed by atoms with E-state index in [0.29, 0.717) is 0 Å². The number of hydrogen-bond acceptors (Lipinski definition) is 9. The summed E-state index contributed by atoms with van der Waals surface area (Å²) in [5, 5.41) is 46.3. The van der Waals surface area contributed by atoms with Crippen LogP contribution in [0.1, 0.15) is 12.8 Å². The fourth-order valence-corrected chi connectivity index (χ4v) is 5.10. The molecule has 4 heterocycles. The van der Waals surface area contributed by atoms with E-state index in [9.17, 15) is 28.2 Å². The third kappa shape index (κ3) is 2.76. The molecule has 0 aromatic heterocycles. The van der Waals surface area contributed by atoms with E-state index in [-0.39, 0.29) is 49.7 Å². The Kier molecular flexibility index (Phi) is 4.10. The van der Waals surface area contributed by atoms with Crippen molar-refractivity contribution in [3.63, 3.8) is 0 Å². The topological polar surface area (TPSA) is 208 Å². The summed E-state index contributed by atoms with van der Waals surface area (Å²) in [4.78, 5) is 26.2. The van der Waals surface area contributed by atoms with Crippen LogP contribution < -0.4 is 16.0 Å². The molecule has 7 N–H and O–H groups in total. The molecule has 160 valence electrons. The fourth-order valence-electron chi connectivity index (χ4n) is 4.48. The molecule has 0 aliphatic carbocycles. The van der Waals surface area contributed by atoms with Crippen LogP contribution in [-0.4, -0.2) is 101 Å². The van der Waals surface area contributed by atoms with Gasteiger partial charge < -0.3 is 31.1 Å². The monoisotopic (exact) mass is 431 g/mol. The van der Waals surface area contributed by atoms with Crippen LogP contribution >= 0.6 is 0 Å². The molecule has 0 saturated carbocycles. The average molecular weight is 431 g/mol. The summed E-state index contributed by atoms with van der Waals surface area (Å²) in [6.45, 7) is -0.547. The zero-order valence-corrected chi connectivity index (χ0v) is 16.1. The first-order valence-electron chi connectivity index (χ1n) is 8.79. The van der Waals surface area contributed by atoms with E-state index in [4.69, 9.17) is 15.0 Å². The summed E-state index contributed by atoms with van der Waals surface area (Å²) in [6.07, 6.45) is -0.757. The Morgan fingerprint density at radius 1 is 1.21 bits per heavy atom. The molecule has 4 saturated heterocycles. The quantitative estimate of drug-likeness (QED) is 0.128. The Hall–Kier alpha value is -2.49. The number of carbonyl (C=O) groups excluding carboxylic acids is 2. The van der Waals surface area contributed by atoms with Gasteiger partial charge in [0.25, 0.3) is 10.1 Å². The van der Waals surface area contributed by atoms with E-state index in [1.165, 1.54) is 0 Å². The highest BCUT2D eigenvalue weighted by molar-refractivity contribution is 7.86. The lowest BCUT2D eigenvalue weighted by Crippen LogP contribution is -2.81. The first-order valence-corrected chi connectivity index (χ1v) is 10.6. The average Bonchev–Trinajstić information content (AvgIpc) is 3.17. The molecule has 4 aliphatic heterocycles. The zero-order valence-electron chi connectivity index (χ0n) is 15.3. The van der Waals surface area contributed by atoms with Crippen molar-refractivity contribution in [1.82, 2.24) is 25.8 Å². The van der Waals surface area contributed by atoms with E-state index in [2.05, 4.69) is 16.0 Å². The SMILES string of the molecule is CS(=O)(=O)O[C@H]1CN2C(=N)N[C@@H](CN3C(=O)CCC3=O)C3NC(=N)NC32C1(O)O. The van der Waals surface area contributed by atoms with Crippen LogP contribution in [0.25, 0.3) is 0 Å². The number of likely N-dealkylation sites (tertiary alicyclic amines) is 1. The Balaban J connectivity index is 1.72. The summed E-state index contributed by atoms with van der Waals surface area (Å²) >= 11 is 0. The van der Waals surface area contributed by atoms with E-state index in [1.54, 1.807) is 0 Å². The van der Waals surface area contributed by atoms with Gasteiger partial charge in [0, 0.05) is 12.8 Å². The van der Waals surface area contributed by atoms with E-state index in [0.717, 1.165) is 16.1 Å². The van der Waals surface area contributed by atoms with Crippen LogP contribution in [-0.2, 0) is 23.9 Å². The lowest BCUT2D eigenvalue weighted by Gasteiger charge is -2.51. The second-order valence-corrected chi connectivity index (χ2v) is 9.11. The highest BCUT2D eigenvalue weighted by atomic mass is 32.2. The molecular weight excluding hydrogens is 410 g/mol. The van der Waals surface area contributed by atoms with Crippen LogP contribution in [0.5, 0.6) is 0 Å². The number of aliphatic hydroxyl groups is 2. The van der Waals surface area contributed by atoms with Gasteiger partial charge in [0.2, 0.25) is 17.6 Å². The fraction of sp³-hybridized carbons (Fsp3) is 0.714. The van der Waals surface area contributed by atoms with Crippen LogP contribution in [0.3, 0.4) is 0 Å². The second-order valence-electron chi connectivity index (χ2n) is 7.51. The third-order valence-electron chi connectivity index (χ3n) is 5.67. The highest BCUT2D eigenvalue weighted by Gasteiger charge is 2.75. The summed E-state index contributed by atoms with van der Waals surface area (Å²) in [7, 11) is -4.07. The lowest BCUT2D eigenvalue weighted by atomic mass is 9.85. The number of nitrogens with zero attached hydrogens (tertiary/aromatic N) is 2. The van der Waals surface area contributed by atoms with Crippen molar-refractivity contribution in [1.29, 1.82) is 10.8 Å². The van der Waals surface area contributed by atoms with Gasteiger partial charge in [0.15, 0.2) is 23.7 Å². The number of nitrogens with one attached hydrogen (secondary N) is 5. The minimum absolute atomic E-state index is 0.0701. The van der Waals surface area contributed by atoms with Gasteiger partial charge in [0.05, 0.1) is 31.4 Å². The minimum atomic E-state index is -4.07. The highest BCUT2D eigenvalue weighted by Crippen LogP contribution is 2.44. The summed E-state index contributed by atoms with van der Waals surface area (Å²) < 4.78 is 28.0. The van der Waals surface area contributed by atoms with Gasteiger partial charge in [-0.3, -0.25) is 29.5 Å². The van der Waals surface area contributed by atoms with Crippen LogP contribution in [0.4, 0.5) is 0 Å². The Morgan fingerprint density at radius 2 is 1.83 bits per heavy atom. The van der Waals surface area contributed by atoms with Gasteiger partial charge in [-0.05, 0) is 0 Å². The predicted octanol–water partition coefficient (Wildman–Crippen LogP) is -4.42. The maximum atomic E-state index is 12.0. The number of hydrogen-bond donors (Lipinski definition) is 7. The molecule has 4 aliphatic rings. The summed E-state index contributed by atoms with van der Waals surface area (Å²) in [5.74, 6) is -4.22. The standard InChI is InChI=1S/C14H21N7O7S/c1-29(26,27)28-7-5-21-12(16)17-6(4-20-8(22)2-3-9(20)23)10-13(21,14(7,24)25)19-11(15)18-10/h6-7,10,24-25H,2-5H2,1H3,(H2,16,17)(H3,15,18,19)/t6-,7-,10?,13?/m0/s1. The molecule has 4 rings (SSSR count). The van der Waals surface area contributed by atoms with Gasteiger partial charge in [-0.1, -0.05) is 0 Å². The number of guanidine groups is 2. The van der Waals surface area contributed by atoms with Crippen molar-refractivity contribution in [3.05, 3.63) is 0 Å². The summed E-state index contributed by atoms with van der Waals surface area (Å²) in [5.41, 5.74) is -1.93. The number of amides is 2. The van der Waals surface area contributed by atoms with Gasteiger partial charge >= 0.3 is 0 Å². The van der Waals surface area contributed by atoms with Crippen LogP contribution in [0, 0.1) is 10.8 Å². The van der Waals surface area contributed by atoms with E-state index >= 15 is 0 Å². The molecule has 0 radical (unpaired) electrons. The van der Waals surface area contributed by atoms with Gasteiger partial charge in [-0.25, -0.2) is 0 Å². The first kappa shape index (κ1) is 19.8. The van der Waals surface area contributed by atoms with Gasteiger partial charge in [-0.2, -0.15) is 8.42 Å². The molecule has 4 atom stereocenters. The molecule has 15 heteroatoms.